The van der Waals surface area contributed by atoms with Crippen molar-refractivity contribution in [3.8, 4) is 0 Å². The van der Waals surface area contributed by atoms with Gasteiger partial charge in [0.15, 0.2) is 0 Å². The fourth-order valence-corrected chi connectivity index (χ4v) is 1.87. The van der Waals surface area contributed by atoms with Crippen LogP contribution in [0.1, 0.15) is 0 Å². The van der Waals surface area contributed by atoms with Crippen molar-refractivity contribution in [2.24, 2.45) is 0 Å². The first-order valence-electron chi connectivity index (χ1n) is 3.50. The zero-order valence-corrected chi connectivity index (χ0v) is 8.96. The molecule has 0 amide bonds. The van der Waals surface area contributed by atoms with E-state index in [1.54, 1.807) is 6.07 Å². The maximum Gasteiger partial charge on any atom is 0.143 e. The molecule has 0 atom stereocenters. The van der Waals surface area contributed by atoms with Crippen LogP contribution in [0.25, 0.3) is 0 Å². The summed E-state index contributed by atoms with van der Waals surface area (Å²) in [5, 5.41) is 9.99. The van der Waals surface area contributed by atoms with Crippen LogP contribution in [0.2, 0.25) is 10.0 Å². The fourth-order valence-electron chi connectivity index (χ4n) is 0.707. The van der Waals surface area contributed by atoms with Gasteiger partial charge in [0.05, 0.1) is 16.7 Å². The maximum atomic E-state index is 8.59. The fraction of sp³-hybridized carbons (Fsp3) is 0.286. The number of anilines is 1. The molecule has 0 aliphatic carbocycles. The number of hydrogen-bond acceptors (Lipinski definition) is 4. The summed E-state index contributed by atoms with van der Waals surface area (Å²) in [5.74, 6) is 0.792. The van der Waals surface area contributed by atoms with E-state index in [0.717, 1.165) is 0 Å². The number of aromatic nitrogens is 1. The van der Waals surface area contributed by atoms with Gasteiger partial charge in [-0.1, -0.05) is 23.2 Å². The van der Waals surface area contributed by atoms with Crippen LogP contribution in [0.3, 0.4) is 0 Å². The lowest BCUT2D eigenvalue weighted by Gasteiger charge is -2.04. The summed E-state index contributed by atoms with van der Waals surface area (Å²) >= 11 is 12.9. The Hall–Kier alpha value is -0.160. The first-order valence-corrected chi connectivity index (χ1v) is 5.24. The summed E-state index contributed by atoms with van der Waals surface area (Å²) in [7, 11) is 0. The molecule has 0 unspecified atom stereocenters. The number of rotatable bonds is 3. The highest BCUT2D eigenvalue weighted by Crippen LogP contribution is 2.30. The Morgan fingerprint density at radius 2 is 2.15 bits per heavy atom. The SMILES string of the molecule is Nc1nc(SCCO)c(Cl)cc1Cl. The van der Waals surface area contributed by atoms with Crippen molar-refractivity contribution in [3.63, 3.8) is 0 Å². The van der Waals surface area contributed by atoms with E-state index in [1.165, 1.54) is 11.8 Å². The normalized spacial score (nSPS) is 10.4. The number of hydrogen-bond donors (Lipinski definition) is 2. The summed E-state index contributed by atoms with van der Waals surface area (Å²) in [6, 6.07) is 1.55. The van der Waals surface area contributed by atoms with E-state index in [2.05, 4.69) is 4.98 Å². The molecule has 0 aliphatic rings. The summed E-state index contributed by atoms with van der Waals surface area (Å²) in [6.45, 7) is 0.0746. The summed E-state index contributed by atoms with van der Waals surface area (Å²) in [6.07, 6.45) is 0. The molecular formula is C7H8Cl2N2OS. The topological polar surface area (TPSA) is 59.1 Å². The number of halogens is 2. The number of pyridine rings is 1. The van der Waals surface area contributed by atoms with E-state index in [0.29, 0.717) is 20.8 Å². The van der Waals surface area contributed by atoms with Crippen LogP contribution in [0.5, 0.6) is 0 Å². The van der Waals surface area contributed by atoms with Crippen LogP contribution in [0, 0.1) is 0 Å². The van der Waals surface area contributed by atoms with E-state index in [-0.39, 0.29) is 12.4 Å². The van der Waals surface area contributed by atoms with Gasteiger partial charge in [0, 0.05) is 5.75 Å². The van der Waals surface area contributed by atoms with Crippen LogP contribution >= 0.6 is 35.0 Å². The lowest BCUT2D eigenvalue weighted by molar-refractivity contribution is 0.322. The Bertz CT molecular complexity index is 309. The lowest BCUT2D eigenvalue weighted by Crippen LogP contribution is -1.95. The summed E-state index contributed by atoms with van der Waals surface area (Å²) < 4.78 is 0. The molecule has 72 valence electrons. The minimum atomic E-state index is 0.0746. The molecule has 13 heavy (non-hydrogen) atoms. The molecule has 0 spiro atoms. The average molecular weight is 239 g/mol. The van der Waals surface area contributed by atoms with Crippen molar-refractivity contribution in [3.05, 3.63) is 16.1 Å². The molecule has 1 aromatic heterocycles. The zero-order valence-electron chi connectivity index (χ0n) is 6.63. The molecule has 1 rings (SSSR count). The van der Waals surface area contributed by atoms with Crippen molar-refractivity contribution < 1.29 is 5.11 Å². The number of thioether (sulfide) groups is 1. The quantitative estimate of drug-likeness (QED) is 0.792. The van der Waals surface area contributed by atoms with E-state index < -0.39 is 0 Å². The highest BCUT2D eigenvalue weighted by Gasteiger charge is 2.06. The predicted octanol–water partition coefficient (Wildman–Crippen LogP) is 2.05. The lowest BCUT2D eigenvalue weighted by atomic mass is 10.5. The van der Waals surface area contributed by atoms with E-state index in [1.807, 2.05) is 0 Å². The van der Waals surface area contributed by atoms with Crippen molar-refractivity contribution >= 4 is 40.8 Å². The molecule has 0 aromatic carbocycles. The third-order valence-electron chi connectivity index (χ3n) is 1.25. The highest BCUT2D eigenvalue weighted by molar-refractivity contribution is 7.99. The molecule has 1 aromatic rings. The first-order chi connectivity index (χ1) is 6.15. The molecule has 0 saturated carbocycles. The average Bonchev–Trinajstić information content (AvgIpc) is 2.09. The number of nitrogen functional groups attached to an aromatic ring is 1. The number of aliphatic hydroxyl groups is 1. The van der Waals surface area contributed by atoms with Gasteiger partial charge in [-0.25, -0.2) is 4.98 Å². The molecule has 1 heterocycles. The second-order valence-corrected chi connectivity index (χ2v) is 4.11. The van der Waals surface area contributed by atoms with Crippen molar-refractivity contribution in [2.75, 3.05) is 18.1 Å². The van der Waals surface area contributed by atoms with Crippen LogP contribution in [0.15, 0.2) is 11.1 Å². The molecule has 0 radical (unpaired) electrons. The zero-order chi connectivity index (χ0) is 9.84. The Morgan fingerprint density at radius 1 is 1.46 bits per heavy atom. The van der Waals surface area contributed by atoms with Gasteiger partial charge in [0.25, 0.3) is 0 Å². The van der Waals surface area contributed by atoms with Gasteiger partial charge in [-0.2, -0.15) is 0 Å². The molecule has 0 bridgehead atoms. The van der Waals surface area contributed by atoms with E-state index >= 15 is 0 Å². The first kappa shape index (κ1) is 10.9. The van der Waals surface area contributed by atoms with Crippen molar-refractivity contribution in [1.82, 2.24) is 4.98 Å². The molecule has 3 nitrogen and oxygen atoms in total. The van der Waals surface area contributed by atoms with Crippen LogP contribution in [0.4, 0.5) is 5.82 Å². The van der Waals surface area contributed by atoms with Gasteiger partial charge < -0.3 is 10.8 Å². The van der Waals surface area contributed by atoms with E-state index in [9.17, 15) is 0 Å². The van der Waals surface area contributed by atoms with Gasteiger partial charge in [0.1, 0.15) is 10.8 Å². The predicted molar refractivity (Wildman–Crippen MR) is 56.5 cm³/mol. The number of aliphatic hydroxyl groups excluding tert-OH is 1. The summed E-state index contributed by atoms with van der Waals surface area (Å²) in [4.78, 5) is 3.98. The van der Waals surface area contributed by atoms with E-state index in [4.69, 9.17) is 34.0 Å². The smallest absolute Gasteiger partial charge is 0.143 e. The van der Waals surface area contributed by atoms with Gasteiger partial charge in [-0.05, 0) is 6.07 Å². The largest absolute Gasteiger partial charge is 0.396 e. The highest BCUT2D eigenvalue weighted by atomic mass is 35.5. The van der Waals surface area contributed by atoms with Crippen molar-refractivity contribution in [1.29, 1.82) is 0 Å². The maximum absolute atomic E-state index is 8.59. The van der Waals surface area contributed by atoms with Gasteiger partial charge >= 0.3 is 0 Å². The Kier molecular flexibility index (Phi) is 4.12. The molecular weight excluding hydrogens is 231 g/mol. The van der Waals surface area contributed by atoms with Gasteiger partial charge in [0.2, 0.25) is 0 Å². The molecule has 0 saturated heterocycles. The second-order valence-electron chi connectivity index (χ2n) is 2.21. The van der Waals surface area contributed by atoms with Crippen LogP contribution in [-0.2, 0) is 0 Å². The van der Waals surface area contributed by atoms with Gasteiger partial charge in [-0.3, -0.25) is 0 Å². The summed E-state index contributed by atoms with van der Waals surface area (Å²) in [5.41, 5.74) is 5.48. The number of nitrogens with two attached hydrogens (primary N) is 1. The Balaban J connectivity index is 2.88. The third-order valence-corrected chi connectivity index (χ3v) is 2.93. The van der Waals surface area contributed by atoms with Gasteiger partial charge in [-0.15, -0.1) is 11.8 Å². The minimum Gasteiger partial charge on any atom is -0.396 e. The Morgan fingerprint density at radius 3 is 2.77 bits per heavy atom. The number of nitrogens with zero attached hydrogens (tertiary/aromatic N) is 1. The standard InChI is InChI=1S/C7H8Cl2N2OS/c8-4-3-5(9)7(11-6(4)10)13-2-1-12/h3,12H,1-2H2,(H2,10,11). The molecule has 6 heteroatoms. The molecule has 0 aliphatic heterocycles. The second kappa shape index (κ2) is 4.91. The molecule has 0 fully saturated rings. The monoisotopic (exact) mass is 238 g/mol. The third kappa shape index (κ3) is 2.91. The minimum absolute atomic E-state index is 0.0746. The van der Waals surface area contributed by atoms with Crippen LogP contribution in [-0.4, -0.2) is 22.5 Å². The van der Waals surface area contributed by atoms with Crippen molar-refractivity contribution in [2.45, 2.75) is 5.03 Å². The van der Waals surface area contributed by atoms with Crippen LogP contribution < -0.4 is 5.73 Å². The Labute approximate surface area is 90.2 Å². The molecule has 3 N–H and O–H groups in total.